The number of carbonyl (C=O) groups is 1. The van der Waals surface area contributed by atoms with Gasteiger partial charge < -0.3 is 5.11 Å². The van der Waals surface area contributed by atoms with E-state index in [0.29, 0.717) is 19.3 Å². The number of allylic oxidation sites excluding steroid dienone is 1. The van der Waals surface area contributed by atoms with E-state index in [9.17, 15) is 13.2 Å². The van der Waals surface area contributed by atoms with Gasteiger partial charge in [0.1, 0.15) is 0 Å². The van der Waals surface area contributed by atoms with Gasteiger partial charge in [-0.05, 0) is 32.6 Å². The van der Waals surface area contributed by atoms with Crippen molar-refractivity contribution in [2.24, 2.45) is 0 Å². The highest BCUT2D eigenvalue weighted by Gasteiger charge is 2.28. The molecule has 0 atom stereocenters. The Morgan fingerprint density at radius 1 is 1.40 bits per heavy atom. The molecule has 0 amide bonds. The molecule has 0 heterocycles. The van der Waals surface area contributed by atoms with Crippen LogP contribution in [-0.2, 0) is 19.1 Å². The van der Waals surface area contributed by atoms with Crippen LogP contribution in [0.3, 0.4) is 0 Å². The number of aliphatic carboxylic acids is 1. The van der Waals surface area contributed by atoms with Crippen molar-refractivity contribution >= 4 is 16.1 Å². The van der Waals surface area contributed by atoms with Gasteiger partial charge in [0.15, 0.2) is 0 Å². The minimum atomic E-state index is -3.83. The second-order valence-corrected chi connectivity index (χ2v) is 4.91. The Labute approximate surface area is 88.9 Å². The van der Waals surface area contributed by atoms with Gasteiger partial charge in [-0.3, -0.25) is 4.18 Å². The first kappa shape index (κ1) is 12.2. The molecule has 1 N–H and O–H groups in total. The maximum Gasteiger partial charge on any atom is 0.332 e. The van der Waals surface area contributed by atoms with Crippen LogP contribution in [0.4, 0.5) is 0 Å². The summed E-state index contributed by atoms with van der Waals surface area (Å²) in [6.45, 7) is 1.58. The molecule has 0 aliphatic heterocycles. The first-order valence-electron chi connectivity index (χ1n) is 4.83. The second-order valence-electron chi connectivity index (χ2n) is 3.27. The average Bonchev–Trinajstić information content (AvgIpc) is 2.17. The lowest BCUT2D eigenvalue weighted by molar-refractivity contribution is -0.132. The van der Waals surface area contributed by atoms with Gasteiger partial charge in [0.2, 0.25) is 0 Å². The van der Waals surface area contributed by atoms with Crippen LogP contribution < -0.4 is 0 Å². The summed E-state index contributed by atoms with van der Waals surface area (Å²) >= 11 is 0. The minimum Gasteiger partial charge on any atom is -0.478 e. The highest BCUT2D eigenvalue weighted by Crippen LogP contribution is 2.29. The van der Waals surface area contributed by atoms with E-state index >= 15 is 0 Å². The molecule has 1 rings (SSSR count). The summed E-state index contributed by atoms with van der Waals surface area (Å²) in [6, 6.07) is 0. The molecule has 6 heteroatoms. The summed E-state index contributed by atoms with van der Waals surface area (Å²) in [6.07, 6.45) is 1.98. The zero-order valence-corrected chi connectivity index (χ0v) is 9.34. The fourth-order valence-electron chi connectivity index (χ4n) is 1.61. The molecule has 0 bridgehead atoms. The molecule has 0 aromatic heterocycles. The number of rotatable bonds is 4. The number of hydrogen-bond acceptors (Lipinski definition) is 4. The Morgan fingerprint density at radius 2 is 2.00 bits per heavy atom. The topological polar surface area (TPSA) is 80.7 Å². The van der Waals surface area contributed by atoms with Crippen molar-refractivity contribution in [3.8, 4) is 0 Å². The summed E-state index contributed by atoms with van der Waals surface area (Å²) in [5.41, 5.74) is -0.0188. The van der Waals surface area contributed by atoms with Crippen molar-refractivity contribution in [3.63, 3.8) is 0 Å². The standard InChI is InChI=1S/C9H14O5S/c1-2-14-15(12,13)8-6-4-3-5-7(8)9(10)11/h2-6H2,1H3,(H,10,11). The van der Waals surface area contributed by atoms with Gasteiger partial charge in [-0.1, -0.05) is 0 Å². The quantitative estimate of drug-likeness (QED) is 0.741. The summed E-state index contributed by atoms with van der Waals surface area (Å²) < 4.78 is 27.7. The molecule has 0 saturated carbocycles. The van der Waals surface area contributed by atoms with Gasteiger partial charge in [-0.2, -0.15) is 8.42 Å². The normalized spacial score (nSPS) is 17.9. The Kier molecular flexibility index (Phi) is 3.87. The monoisotopic (exact) mass is 234 g/mol. The highest BCUT2D eigenvalue weighted by atomic mass is 32.2. The molecule has 0 radical (unpaired) electrons. The summed E-state index contributed by atoms with van der Waals surface area (Å²) in [5.74, 6) is -1.16. The summed E-state index contributed by atoms with van der Waals surface area (Å²) in [5, 5.41) is 8.86. The van der Waals surface area contributed by atoms with E-state index in [-0.39, 0.29) is 23.5 Å². The largest absolute Gasteiger partial charge is 0.478 e. The van der Waals surface area contributed by atoms with Crippen molar-refractivity contribution in [2.75, 3.05) is 6.61 Å². The number of carboxylic acid groups (broad SMARTS) is 1. The Bertz CT molecular complexity index is 379. The first-order chi connectivity index (χ1) is 6.99. The fourth-order valence-corrected chi connectivity index (χ4v) is 2.94. The number of carboxylic acids is 1. The Morgan fingerprint density at radius 3 is 2.53 bits per heavy atom. The minimum absolute atomic E-state index is 0.0188. The molecule has 1 aliphatic carbocycles. The molecule has 0 saturated heterocycles. The van der Waals surface area contributed by atoms with Crippen LogP contribution in [0.2, 0.25) is 0 Å². The maximum absolute atomic E-state index is 11.6. The lowest BCUT2D eigenvalue weighted by Gasteiger charge is -2.16. The molecule has 0 aromatic rings. The Hall–Kier alpha value is -0.880. The van der Waals surface area contributed by atoms with E-state index in [1.165, 1.54) is 0 Å². The first-order valence-corrected chi connectivity index (χ1v) is 6.24. The smallest absolute Gasteiger partial charge is 0.332 e. The van der Waals surface area contributed by atoms with Crippen molar-refractivity contribution in [3.05, 3.63) is 10.5 Å². The third-order valence-corrected chi connectivity index (χ3v) is 3.85. The predicted octanol–water partition coefficient (Wildman–Crippen LogP) is 1.27. The second kappa shape index (κ2) is 4.76. The molecule has 15 heavy (non-hydrogen) atoms. The predicted molar refractivity (Wildman–Crippen MR) is 53.7 cm³/mol. The molecule has 86 valence electrons. The van der Waals surface area contributed by atoms with E-state index < -0.39 is 16.1 Å². The zero-order chi connectivity index (χ0) is 11.5. The molecular weight excluding hydrogens is 220 g/mol. The molecule has 0 aromatic carbocycles. The van der Waals surface area contributed by atoms with E-state index in [0.717, 1.165) is 0 Å². The van der Waals surface area contributed by atoms with Crippen molar-refractivity contribution in [1.29, 1.82) is 0 Å². The van der Waals surface area contributed by atoms with Crippen LogP contribution in [0.1, 0.15) is 32.6 Å². The summed E-state index contributed by atoms with van der Waals surface area (Å²) in [4.78, 5) is 10.8. The van der Waals surface area contributed by atoms with Crippen LogP contribution >= 0.6 is 0 Å². The fraction of sp³-hybridized carbons (Fsp3) is 0.667. The highest BCUT2D eigenvalue weighted by molar-refractivity contribution is 7.90. The molecular formula is C9H14O5S. The summed E-state index contributed by atoms with van der Waals surface area (Å²) in [7, 11) is -3.83. The maximum atomic E-state index is 11.6. The third kappa shape index (κ3) is 2.79. The van der Waals surface area contributed by atoms with E-state index in [1.807, 2.05) is 0 Å². The average molecular weight is 234 g/mol. The van der Waals surface area contributed by atoms with Crippen LogP contribution in [-0.4, -0.2) is 26.1 Å². The van der Waals surface area contributed by atoms with Gasteiger partial charge in [0.25, 0.3) is 10.1 Å². The van der Waals surface area contributed by atoms with Crippen LogP contribution in [0.15, 0.2) is 10.5 Å². The van der Waals surface area contributed by atoms with E-state index in [4.69, 9.17) is 5.11 Å². The van der Waals surface area contributed by atoms with Gasteiger partial charge >= 0.3 is 5.97 Å². The van der Waals surface area contributed by atoms with E-state index in [1.54, 1.807) is 6.92 Å². The van der Waals surface area contributed by atoms with Gasteiger partial charge in [-0.25, -0.2) is 4.79 Å². The van der Waals surface area contributed by atoms with E-state index in [2.05, 4.69) is 4.18 Å². The lowest BCUT2D eigenvalue weighted by Crippen LogP contribution is -2.17. The SMILES string of the molecule is CCOS(=O)(=O)C1=C(C(=O)O)CCCC1. The Balaban J connectivity index is 3.13. The van der Waals surface area contributed by atoms with Crippen molar-refractivity contribution < 1.29 is 22.5 Å². The van der Waals surface area contributed by atoms with Gasteiger partial charge in [0.05, 0.1) is 17.1 Å². The molecule has 0 fully saturated rings. The van der Waals surface area contributed by atoms with Crippen LogP contribution in [0.25, 0.3) is 0 Å². The molecule has 0 unspecified atom stereocenters. The lowest BCUT2D eigenvalue weighted by atomic mass is 9.99. The molecule has 1 aliphatic rings. The van der Waals surface area contributed by atoms with Crippen LogP contribution in [0, 0.1) is 0 Å². The molecule has 0 spiro atoms. The van der Waals surface area contributed by atoms with Crippen molar-refractivity contribution in [1.82, 2.24) is 0 Å². The van der Waals surface area contributed by atoms with Crippen molar-refractivity contribution in [2.45, 2.75) is 32.6 Å². The van der Waals surface area contributed by atoms with Crippen LogP contribution in [0.5, 0.6) is 0 Å². The molecule has 5 nitrogen and oxygen atoms in total. The number of hydrogen-bond donors (Lipinski definition) is 1. The van der Waals surface area contributed by atoms with Gasteiger partial charge in [-0.15, -0.1) is 0 Å². The zero-order valence-electron chi connectivity index (χ0n) is 8.52. The third-order valence-electron chi connectivity index (χ3n) is 2.25. The van der Waals surface area contributed by atoms with Gasteiger partial charge in [0, 0.05) is 0 Å².